The second-order valence-corrected chi connectivity index (χ2v) is 18.0. The zero-order valence-corrected chi connectivity index (χ0v) is 21.3. The van der Waals surface area contributed by atoms with Gasteiger partial charge in [-0.15, -0.1) is 0 Å². The molecule has 0 aromatic heterocycles. The molecule has 8 atom stereocenters. The van der Waals surface area contributed by atoms with Gasteiger partial charge in [0.2, 0.25) is 0 Å². The average molecular weight is 432 g/mol. The van der Waals surface area contributed by atoms with E-state index in [1.54, 1.807) is 5.57 Å². The van der Waals surface area contributed by atoms with Gasteiger partial charge in [0.25, 0.3) is 0 Å². The van der Waals surface area contributed by atoms with Gasteiger partial charge in [-0.1, -0.05) is 39.3 Å². The number of aliphatic hydroxyl groups is 1. The first-order chi connectivity index (χ1) is 14.0. The fourth-order valence-corrected chi connectivity index (χ4v) is 9.55. The van der Waals surface area contributed by atoms with Crippen LogP contribution in [0.1, 0.15) is 79.1 Å². The lowest BCUT2D eigenvalue weighted by Crippen LogP contribution is -2.56. The van der Waals surface area contributed by atoms with E-state index >= 15 is 0 Å². The van der Waals surface area contributed by atoms with E-state index in [1.165, 1.54) is 45.1 Å². The quantitative estimate of drug-likeness (QED) is 0.345. The number of hydrogen-bond acceptors (Lipinski definition) is 3. The Kier molecular flexibility index (Phi) is 5.00. The molecule has 4 aliphatic carbocycles. The van der Waals surface area contributed by atoms with Crippen LogP contribution in [0.5, 0.6) is 0 Å². The molecule has 0 spiro atoms. The molecule has 0 aromatic rings. The molecular formula is C26H45NO2Si. The molecule has 0 amide bonds. The average Bonchev–Trinajstić information content (AvgIpc) is 3.45. The van der Waals surface area contributed by atoms with E-state index in [4.69, 9.17) is 4.43 Å². The van der Waals surface area contributed by atoms with Crippen LogP contribution in [-0.4, -0.2) is 38.2 Å². The third-order valence-corrected chi connectivity index (χ3v) is 15.4. The number of fused-ring (bicyclic) bond motifs is 5. The van der Waals surface area contributed by atoms with Gasteiger partial charge in [-0.25, -0.2) is 0 Å². The van der Waals surface area contributed by atoms with Crippen LogP contribution in [0.25, 0.3) is 0 Å². The minimum absolute atomic E-state index is 0.109. The normalized spacial score (nSPS) is 48.4. The summed E-state index contributed by atoms with van der Waals surface area (Å²) in [5.74, 6) is 2.44. The molecule has 170 valence electrons. The van der Waals surface area contributed by atoms with E-state index in [2.05, 4.69) is 52.2 Å². The van der Waals surface area contributed by atoms with Gasteiger partial charge >= 0.3 is 0 Å². The largest absolute Gasteiger partial charge is 0.413 e. The summed E-state index contributed by atoms with van der Waals surface area (Å²) in [4.78, 5) is 0. The first kappa shape index (κ1) is 21.7. The van der Waals surface area contributed by atoms with Gasteiger partial charge in [-0.3, -0.25) is 0 Å². The maximum atomic E-state index is 10.4. The van der Waals surface area contributed by atoms with Gasteiger partial charge in [0.1, 0.15) is 0 Å². The van der Waals surface area contributed by atoms with E-state index in [0.717, 1.165) is 30.6 Å². The van der Waals surface area contributed by atoms with Crippen molar-refractivity contribution in [3.05, 3.63) is 11.6 Å². The van der Waals surface area contributed by atoms with Crippen molar-refractivity contribution in [2.45, 2.75) is 115 Å². The smallest absolute Gasteiger partial charge is 0.192 e. The molecule has 0 aromatic carbocycles. The van der Waals surface area contributed by atoms with Crippen LogP contribution in [0.2, 0.25) is 18.1 Å². The fraction of sp³-hybridized carbons (Fsp3) is 0.923. The molecular weight excluding hydrogens is 386 g/mol. The molecule has 0 bridgehead atoms. The molecule has 4 fully saturated rings. The molecule has 0 unspecified atom stereocenters. The Bertz CT molecular complexity index is 723. The van der Waals surface area contributed by atoms with Crippen molar-refractivity contribution in [1.29, 1.82) is 0 Å². The van der Waals surface area contributed by atoms with Crippen molar-refractivity contribution in [2.75, 3.05) is 6.54 Å². The molecule has 5 aliphatic rings. The number of nitrogens with one attached hydrogen (secondary N) is 1. The van der Waals surface area contributed by atoms with Crippen molar-refractivity contribution in [2.24, 2.45) is 28.6 Å². The Morgan fingerprint density at radius 3 is 2.50 bits per heavy atom. The van der Waals surface area contributed by atoms with Crippen LogP contribution < -0.4 is 5.32 Å². The van der Waals surface area contributed by atoms with Crippen LogP contribution in [0.15, 0.2) is 11.6 Å². The van der Waals surface area contributed by atoms with Gasteiger partial charge in [0, 0.05) is 18.0 Å². The topological polar surface area (TPSA) is 51.4 Å². The summed E-state index contributed by atoms with van der Waals surface area (Å²) < 4.78 is 7.10. The SMILES string of the molecule is CC(C)(C)[Si](C)(C)O[C@H]1CC[C@H]2[C@@H]3CC=C4C[C@@H](O)CC[C@]4([C@H]4CN4)[C@H]3CC[C@]12C. The summed E-state index contributed by atoms with van der Waals surface area (Å²) in [6.45, 7) is 15.8. The zero-order valence-electron chi connectivity index (χ0n) is 20.3. The predicted molar refractivity (Wildman–Crippen MR) is 126 cm³/mol. The van der Waals surface area contributed by atoms with Gasteiger partial charge in [-0.05, 0) is 92.7 Å². The van der Waals surface area contributed by atoms with E-state index in [1.807, 2.05) is 0 Å². The molecule has 3 nitrogen and oxygen atoms in total. The van der Waals surface area contributed by atoms with E-state index in [-0.39, 0.29) is 11.1 Å². The summed E-state index contributed by atoms with van der Waals surface area (Å²) in [6.07, 6.45) is 12.6. The van der Waals surface area contributed by atoms with E-state index in [0.29, 0.717) is 23.0 Å². The minimum atomic E-state index is -1.74. The molecule has 1 aliphatic heterocycles. The number of rotatable bonds is 3. The second-order valence-electron chi connectivity index (χ2n) is 13.2. The Balaban J connectivity index is 1.42. The molecule has 5 rings (SSSR count). The Morgan fingerprint density at radius 2 is 1.83 bits per heavy atom. The summed E-state index contributed by atoms with van der Waals surface area (Å²) in [6, 6.07) is 0.675. The molecule has 1 heterocycles. The van der Waals surface area contributed by atoms with Crippen LogP contribution >= 0.6 is 0 Å². The zero-order chi connectivity index (χ0) is 21.5. The van der Waals surface area contributed by atoms with Crippen molar-refractivity contribution in [3.8, 4) is 0 Å². The van der Waals surface area contributed by atoms with E-state index in [9.17, 15) is 5.11 Å². The van der Waals surface area contributed by atoms with Crippen LogP contribution in [0.4, 0.5) is 0 Å². The first-order valence-corrected chi connectivity index (χ1v) is 15.7. The van der Waals surface area contributed by atoms with Gasteiger partial charge in [-0.2, -0.15) is 0 Å². The van der Waals surface area contributed by atoms with Gasteiger partial charge < -0.3 is 14.8 Å². The standard InChI is InChI=1S/C26H45NO2Si/c1-24(2,3)30(5,6)29-23-10-9-20-19-8-7-17-15-18(28)11-14-26(17,22-16-27-22)21(19)12-13-25(20,23)4/h7,18-23,27-28H,8-16H2,1-6H3/t18-,19-,20-,21-,22+,23-,25-,26+/m0/s1. The molecule has 4 heteroatoms. The van der Waals surface area contributed by atoms with Crippen molar-refractivity contribution < 1.29 is 9.53 Å². The van der Waals surface area contributed by atoms with Crippen LogP contribution in [0.3, 0.4) is 0 Å². The third-order valence-electron chi connectivity index (χ3n) is 10.9. The summed E-state index contributed by atoms with van der Waals surface area (Å²) in [7, 11) is -1.74. The predicted octanol–water partition coefficient (Wildman–Crippen LogP) is 5.65. The summed E-state index contributed by atoms with van der Waals surface area (Å²) >= 11 is 0. The maximum Gasteiger partial charge on any atom is 0.192 e. The Hall–Kier alpha value is -0.163. The monoisotopic (exact) mass is 431 g/mol. The number of allylic oxidation sites excluding steroid dienone is 1. The number of aliphatic hydroxyl groups excluding tert-OH is 1. The maximum absolute atomic E-state index is 10.4. The molecule has 2 N–H and O–H groups in total. The second kappa shape index (κ2) is 6.92. The summed E-state index contributed by atoms with van der Waals surface area (Å²) in [5.41, 5.74) is 2.32. The summed E-state index contributed by atoms with van der Waals surface area (Å²) in [5, 5.41) is 14.4. The van der Waals surface area contributed by atoms with Crippen LogP contribution in [0, 0.1) is 28.6 Å². The van der Waals surface area contributed by atoms with Gasteiger partial charge in [0.05, 0.1) is 12.2 Å². The first-order valence-electron chi connectivity index (χ1n) is 12.8. The highest BCUT2D eigenvalue weighted by Gasteiger charge is 2.63. The highest BCUT2D eigenvalue weighted by atomic mass is 28.4. The lowest BCUT2D eigenvalue weighted by Gasteiger charge is -2.59. The molecule has 0 radical (unpaired) electrons. The molecule has 1 saturated heterocycles. The number of hydrogen-bond donors (Lipinski definition) is 2. The fourth-order valence-electron chi connectivity index (χ4n) is 8.10. The van der Waals surface area contributed by atoms with E-state index < -0.39 is 8.32 Å². The van der Waals surface area contributed by atoms with Crippen molar-refractivity contribution in [3.63, 3.8) is 0 Å². The highest BCUT2D eigenvalue weighted by molar-refractivity contribution is 6.74. The Morgan fingerprint density at radius 1 is 1.10 bits per heavy atom. The molecule has 30 heavy (non-hydrogen) atoms. The third kappa shape index (κ3) is 3.07. The lowest BCUT2D eigenvalue weighted by atomic mass is 9.46. The van der Waals surface area contributed by atoms with Crippen molar-refractivity contribution in [1.82, 2.24) is 5.32 Å². The van der Waals surface area contributed by atoms with Gasteiger partial charge in [0.15, 0.2) is 8.32 Å². The highest BCUT2D eigenvalue weighted by Crippen LogP contribution is 2.67. The molecule has 3 saturated carbocycles. The Labute approximate surface area is 185 Å². The van der Waals surface area contributed by atoms with Crippen LogP contribution in [-0.2, 0) is 4.43 Å². The minimum Gasteiger partial charge on any atom is -0.413 e. The lowest BCUT2D eigenvalue weighted by molar-refractivity contribution is -0.0729. The van der Waals surface area contributed by atoms with Crippen molar-refractivity contribution >= 4 is 8.32 Å².